The minimum atomic E-state index is -0.718. The van der Waals surface area contributed by atoms with Gasteiger partial charge in [0, 0.05) is 12.6 Å². The number of amides is 3. The molecule has 0 N–H and O–H groups in total. The molecule has 0 radical (unpaired) electrons. The number of esters is 1. The third kappa shape index (κ3) is 3.02. The van der Waals surface area contributed by atoms with Crippen molar-refractivity contribution in [2.45, 2.75) is 44.2 Å². The summed E-state index contributed by atoms with van der Waals surface area (Å²) in [5, 5.41) is 0. The molecule has 2 saturated heterocycles. The standard InChI is InChI=1S/C19H21FN2O5/c1-26-18(24)11-7-8-21-15(9-11)17(23)22(19(21)25)12-5-6-16(14(20)10-12)27-13-3-2-4-13/h5-6,10-11,13,15H,2-4,7-9H2,1H3. The number of fused-ring (bicyclic) bond motifs is 1. The normalized spacial score (nSPS) is 25.3. The number of anilines is 1. The van der Waals surface area contributed by atoms with Crippen LogP contribution in [0.15, 0.2) is 18.2 Å². The summed E-state index contributed by atoms with van der Waals surface area (Å²) in [5.74, 6) is -1.70. The molecule has 7 nitrogen and oxygen atoms in total. The molecule has 2 unspecified atom stereocenters. The van der Waals surface area contributed by atoms with Crippen molar-refractivity contribution < 1.29 is 28.2 Å². The van der Waals surface area contributed by atoms with Crippen LogP contribution < -0.4 is 9.64 Å². The maximum atomic E-state index is 14.4. The molecule has 0 spiro atoms. The molecule has 3 amide bonds. The van der Waals surface area contributed by atoms with Gasteiger partial charge in [0.1, 0.15) is 6.04 Å². The topological polar surface area (TPSA) is 76.2 Å². The van der Waals surface area contributed by atoms with E-state index >= 15 is 0 Å². The van der Waals surface area contributed by atoms with Gasteiger partial charge in [-0.1, -0.05) is 0 Å². The third-order valence-electron chi connectivity index (χ3n) is 5.60. The number of halogens is 1. The molecule has 1 saturated carbocycles. The van der Waals surface area contributed by atoms with Crippen LogP contribution in [0, 0.1) is 11.7 Å². The lowest BCUT2D eigenvalue weighted by Crippen LogP contribution is -2.44. The zero-order valence-electron chi connectivity index (χ0n) is 15.0. The molecule has 1 aromatic carbocycles. The van der Waals surface area contributed by atoms with E-state index in [-0.39, 0.29) is 36.5 Å². The third-order valence-corrected chi connectivity index (χ3v) is 5.60. The van der Waals surface area contributed by atoms with Gasteiger partial charge in [-0.15, -0.1) is 0 Å². The number of ether oxygens (including phenoxy) is 2. The highest BCUT2D eigenvalue weighted by molar-refractivity contribution is 6.21. The van der Waals surface area contributed by atoms with Crippen molar-refractivity contribution in [3.05, 3.63) is 24.0 Å². The van der Waals surface area contributed by atoms with E-state index in [9.17, 15) is 18.8 Å². The molecular formula is C19H21FN2O5. The lowest BCUT2D eigenvalue weighted by Gasteiger charge is -2.30. The van der Waals surface area contributed by atoms with Crippen molar-refractivity contribution in [2.24, 2.45) is 5.92 Å². The number of imide groups is 1. The zero-order chi connectivity index (χ0) is 19.1. The Hall–Kier alpha value is -2.64. The van der Waals surface area contributed by atoms with E-state index in [2.05, 4.69) is 0 Å². The summed E-state index contributed by atoms with van der Waals surface area (Å²) in [5.41, 5.74) is 0.174. The van der Waals surface area contributed by atoms with Gasteiger partial charge in [-0.25, -0.2) is 14.1 Å². The summed E-state index contributed by atoms with van der Waals surface area (Å²) in [7, 11) is 1.30. The first kappa shape index (κ1) is 17.8. The number of carbonyl (C=O) groups excluding carboxylic acids is 3. The number of hydrogen-bond acceptors (Lipinski definition) is 5. The number of hydrogen-bond donors (Lipinski definition) is 0. The van der Waals surface area contributed by atoms with E-state index in [1.54, 1.807) is 0 Å². The van der Waals surface area contributed by atoms with Gasteiger partial charge < -0.3 is 14.4 Å². The predicted molar refractivity (Wildman–Crippen MR) is 92.8 cm³/mol. The monoisotopic (exact) mass is 376 g/mol. The molecule has 2 aliphatic heterocycles. The molecule has 144 valence electrons. The molecule has 2 atom stereocenters. The maximum absolute atomic E-state index is 14.4. The molecule has 4 rings (SSSR count). The lowest BCUT2D eigenvalue weighted by atomic mass is 9.91. The summed E-state index contributed by atoms with van der Waals surface area (Å²) < 4.78 is 24.7. The van der Waals surface area contributed by atoms with Crippen LogP contribution in [0.1, 0.15) is 32.1 Å². The molecule has 3 fully saturated rings. The first-order chi connectivity index (χ1) is 13.0. The van der Waals surface area contributed by atoms with E-state index in [4.69, 9.17) is 9.47 Å². The van der Waals surface area contributed by atoms with Crippen LogP contribution >= 0.6 is 0 Å². The fourth-order valence-electron chi connectivity index (χ4n) is 3.81. The van der Waals surface area contributed by atoms with Crippen molar-refractivity contribution in [1.82, 2.24) is 4.90 Å². The van der Waals surface area contributed by atoms with Crippen LogP contribution in [0.4, 0.5) is 14.9 Å². The van der Waals surface area contributed by atoms with Gasteiger partial charge in [-0.3, -0.25) is 9.59 Å². The summed E-state index contributed by atoms with van der Waals surface area (Å²) in [6.07, 6.45) is 3.58. The Morgan fingerprint density at radius 3 is 2.63 bits per heavy atom. The van der Waals surface area contributed by atoms with Gasteiger partial charge in [0.05, 0.1) is 24.8 Å². The second-order valence-corrected chi connectivity index (χ2v) is 7.20. The number of rotatable bonds is 4. The fraction of sp³-hybridized carbons (Fsp3) is 0.526. The van der Waals surface area contributed by atoms with Gasteiger partial charge in [0.25, 0.3) is 5.91 Å². The van der Waals surface area contributed by atoms with E-state index < -0.39 is 29.7 Å². The highest BCUT2D eigenvalue weighted by Crippen LogP contribution is 2.35. The maximum Gasteiger partial charge on any atom is 0.332 e. The first-order valence-corrected chi connectivity index (χ1v) is 9.18. The molecule has 8 heteroatoms. The van der Waals surface area contributed by atoms with E-state index in [0.29, 0.717) is 6.42 Å². The van der Waals surface area contributed by atoms with Crippen molar-refractivity contribution in [1.29, 1.82) is 0 Å². The minimum Gasteiger partial charge on any atom is -0.487 e. The average molecular weight is 376 g/mol. The first-order valence-electron chi connectivity index (χ1n) is 9.18. The van der Waals surface area contributed by atoms with Crippen LogP contribution in [0.2, 0.25) is 0 Å². The molecule has 27 heavy (non-hydrogen) atoms. The van der Waals surface area contributed by atoms with Crippen LogP contribution in [0.25, 0.3) is 0 Å². The molecule has 0 aromatic heterocycles. The molecule has 3 aliphatic rings. The number of piperidine rings is 1. The number of nitrogens with zero attached hydrogens (tertiary/aromatic N) is 2. The van der Waals surface area contributed by atoms with Crippen LogP contribution in [-0.2, 0) is 14.3 Å². The summed E-state index contributed by atoms with van der Waals surface area (Å²) >= 11 is 0. The van der Waals surface area contributed by atoms with Gasteiger partial charge in [-0.2, -0.15) is 0 Å². The Morgan fingerprint density at radius 1 is 1.22 bits per heavy atom. The second kappa shape index (κ2) is 6.83. The average Bonchev–Trinajstić information content (AvgIpc) is 2.88. The second-order valence-electron chi connectivity index (χ2n) is 7.20. The summed E-state index contributed by atoms with van der Waals surface area (Å²) in [6.45, 7) is 0.289. The van der Waals surface area contributed by atoms with E-state index in [0.717, 1.165) is 30.2 Å². The molecule has 2 heterocycles. The van der Waals surface area contributed by atoms with Gasteiger partial charge >= 0.3 is 12.0 Å². The van der Waals surface area contributed by atoms with Crippen molar-refractivity contribution in [3.63, 3.8) is 0 Å². The van der Waals surface area contributed by atoms with Crippen LogP contribution in [0.3, 0.4) is 0 Å². The van der Waals surface area contributed by atoms with E-state index in [1.807, 2.05) is 0 Å². The summed E-state index contributed by atoms with van der Waals surface area (Å²) in [4.78, 5) is 39.7. The molecule has 1 aliphatic carbocycles. The number of benzene rings is 1. The van der Waals surface area contributed by atoms with Gasteiger partial charge in [0.2, 0.25) is 0 Å². The number of methoxy groups -OCH3 is 1. The van der Waals surface area contributed by atoms with Gasteiger partial charge in [-0.05, 0) is 44.2 Å². The number of urea groups is 1. The Balaban J connectivity index is 1.54. The van der Waals surface area contributed by atoms with Gasteiger partial charge in [0.15, 0.2) is 11.6 Å². The van der Waals surface area contributed by atoms with Crippen molar-refractivity contribution in [2.75, 3.05) is 18.6 Å². The lowest BCUT2D eigenvalue weighted by molar-refractivity contribution is -0.147. The highest BCUT2D eigenvalue weighted by Gasteiger charge is 2.50. The Morgan fingerprint density at radius 2 is 2.00 bits per heavy atom. The largest absolute Gasteiger partial charge is 0.487 e. The van der Waals surface area contributed by atoms with Crippen LogP contribution in [0.5, 0.6) is 5.75 Å². The minimum absolute atomic E-state index is 0.0321. The predicted octanol–water partition coefficient (Wildman–Crippen LogP) is 2.48. The summed E-state index contributed by atoms with van der Waals surface area (Å²) in [6, 6.07) is 2.92. The van der Waals surface area contributed by atoms with Crippen molar-refractivity contribution in [3.8, 4) is 5.75 Å². The van der Waals surface area contributed by atoms with E-state index in [1.165, 1.54) is 24.1 Å². The SMILES string of the molecule is COC(=O)C1CCN2C(=O)N(c3ccc(OC4CCC4)c(F)c3)C(=O)C2C1. The number of carbonyl (C=O) groups is 3. The Labute approximate surface area is 156 Å². The molecule has 1 aromatic rings. The smallest absolute Gasteiger partial charge is 0.332 e. The molecular weight excluding hydrogens is 355 g/mol. The Kier molecular flexibility index (Phi) is 4.49. The quantitative estimate of drug-likeness (QED) is 0.596. The highest BCUT2D eigenvalue weighted by atomic mass is 19.1. The zero-order valence-corrected chi connectivity index (χ0v) is 15.0. The van der Waals surface area contributed by atoms with Crippen molar-refractivity contribution >= 4 is 23.6 Å². The molecule has 0 bridgehead atoms. The Bertz CT molecular complexity index is 794. The van der Waals surface area contributed by atoms with Crippen LogP contribution in [-0.4, -0.2) is 48.6 Å². The fourth-order valence-corrected chi connectivity index (χ4v) is 3.81.